The van der Waals surface area contributed by atoms with Crippen LogP contribution in [0.4, 0.5) is 5.69 Å². The van der Waals surface area contributed by atoms with Gasteiger partial charge in [-0.2, -0.15) is 5.10 Å². The summed E-state index contributed by atoms with van der Waals surface area (Å²) in [5.74, 6) is -2.67. The molecule has 3 aromatic rings. The van der Waals surface area contributed by atoms with Crippen LogP contribution in [-0.4, -0.2) is 29.4 Å². The molecular weight excluding hydrogens is 402 g/mol. The van der Waals surface area contributed by atoms with Gasteiger partial charge in [0.05, 0.1) is 11.6 Å². The average molecular weight is 423 g/mol. The summed E-state index contributed by atoms with van der Waals surface area (Å²) >= 11 is 0. The smallest absolute Gasteiger partial charge is 0.259 e. The predicted molar refractivity (Wildman–Crippen MR) is 121 cm³/mol. The summed E-state index contributed by atoms with van der Waals surface area (Å²) in [4.78, 5) is 41.3. The number of nitrogens with one attached hydrogen (secondary N) is 1. The molecule has 2 aliphatic heterocycles. The van der Waals surface area contributed by atoms with Crippen molar-refractivity contribution in [3.05, 3.63) is 102 Å². The van der Waals surface area contributed by atoms with Gasteiger partial charge in [0.15, 0.2) is 5.78 Å². The van der Waals surface area contributed by atoms with Crippen LogP contribution in [0, 0.1) is 12.8 Å². The molecule has 6 heteroatoms. The van der Waals surface area contributed by atoms with Gasteiger partial charge >= 0.3 is 0 Å². The fraction of sp³-hybridized carbons (Fsp3) is 0.154. The third kappa shape index (κ3) is 3.21. The molecule has 0 radical (unpaired) electrons. The molecule has 3 aromatic carbocycles. The molecule has 5 rings (SSSR count). The molecule has 2 atom stereocenters. The van der Waals surface area contributed by atoms with E-state index in [1.165, 1.54) is 0 Å². The molecular formula is C26H21N3O3. The summed E-state index contributed by atoms with van der Waals surface area (Å²) in [7, 11) is 0. The summed E-state index contributed by atoms with van der Waals surface area (Å²) in [6, 6.07) is 25.1. The third-order valence-corrected chi connectivity index (χ3v) is 6.00. The number of rotatable bonds is 5. The highest BCUT2D eigenvalue weighted by atomic mass is 16.2. The topological polar surface area (TPSA) is 78.8 Å². The van der Waals surface area contributed by atoms with Crippen LogP contribution in [0.5, 0.6) is 0 Å². The van der Waals surface area contributed by atoms with Gasteiger partial charge in [-0.1, -0.05) is 78.4 Å². The van der Waals surface area contributed by atoms with E-state index in [2.05, 4.69) is 10.5 Å². The number of anilines is 1. The molecule has 1 fully saturated rings. The zero-order valence-electron chi connectivity index (χ0n) is 17.4. The number of carbonyl (C=O) groups is 3. The van der Waals surface area contributed by atoms with Crippen LogP contribution in [0.1, 0.15) is 22.6 Å². The zero-order valence-corrected chi connectivity index (χ0v) is 17.4. The number of hydrogen-bond acceptors (Lipinski definition) is 5. The van der Waals surface area contributed by atoms with E-state index in [9.17, 15) is 14.4 Å². The zero-order chi connectivity index (χ0) is 22.2. The standard InChI is InChI=1S/C26H21N3O3/c1-16-12-14-19(15-13-16)29-25(31)21-22(27-28-23(21)26(29)32)24(30)20(17-8-4-2-5-9-17)18-10-6-3-7-11-18/h2-15,20-21,23,28H,1H3/t21-,23-/m0/s1. The Hall–Kier alpha value is -4.06. The first-order valence-electron chi connectivity index (χ1n) is 10.5. The molecule has 0 aromatic heterocycles. The van der Waals surface area contributed by atoms with Crippen molar-refractivity contribution in [2.24, 2.45) is 11.0 Å². The lowest BCUT2D eigenvalue weighted by molar-refractivity contribution is -0.122. The predicted octanol–water partition coefficient (Wildman–Crippen LogP) is 3.21. The first-order chi connectivity index (χ1) is 15.6. The second-order valence-electron chi connectivity index (χ2n) is 8.05. The van der Waals surface area contributed by atoms with E-state index in [4.69, 9.17) is 0 Å². The van der Waals surface area contributed by atoms with Gasteiger partial charge in [0.25, 0.3) is 5.91 Å². The fourth-order valence-corrected chi connectivity index (χ4v) is 4.38. The Labute approximate surface area is 185 Å². The normalized spacial score (nSPS) is 19.7. The lowest BCUT2D eigenvalue weighted by atomic mass is 9.82. The molecule has 1 N–H and O–H groups in total. The van der Waals surface area contributed by atoms with Gasteiger partial charge in [0.2, 0.25) is 5.91 Å². The van der Waals surface area contributed by atoms with Crippen LogP contribution in [-0.2, 0) is 14.4 Å². The molecule has 158 valence electrons. The largest absolute Gasteiger partial charge is 0.296 e. The Balaban J connectivity index is 1.51. The van der Waals surface area contributed by atoms with E-state index in [1.54, 1.807) is 12.1 Å². The highest BCUT2D eigenvalue weighted by molar-refractivity contribution is 6.50. The molecule has 0 bridgehead atoms. The van der Waals surface area contributed by atoms with E-state index in [-0.39, 0.29) is 11.5 Å². The van der Waals surface area contributed by atoms with Crippen molar-refractivity contribution >= 4 is 29.0 Å². The molecule has 0 aliphatic carbocycles. The minimum atomic E-state index is -0.939. The first kappa shape index (κ1) is 19.9. The maximum atomic E-state index is 13.8. The van der Waals surface area contributed by atoms with Gasteiger partial charge in [-0.3, -0.25) is 19.8 Å². The SMILES string of the molecule is Cc1ccc(N2C(=O)[C@H]3C(C(=O)C(c4ccccc4)c4ccccc4)=NN[C@@H]3C2=O)cc1. The molecule has 1 saturated heterocycles. The number of fused-ring (bicyclic) bond motifs is 1. The van der Waals surface area contributed by atoms with Crippen LogP contribution in [0.25, 0.3) is 0 Å². The van der Waals surface area contributed by atoms with Crippen LogP contribution in [0.2, 0.25) is 0 Å². The van der Waals surface area contributed by atoms with Gasteiger partial charge in [-0.25, -0.2) is 4.90 Å². The highest BCUT2D eigenvalue weighted by Gasteiger charge is 2.55. The van der Waals surface area contributed by atoms with E-state index in [1.807, 2.05) is 79.7 Å². The number of aryl methyl sites for hydroxylation is 1. The number of amides is 2. The summed E-state index contributed by atoms with van der Waals surface area (Å²) in [6.07, 6.45) is 0. The maximum absolute atomic E-state index is 13.8. The van der Waals surface area contributed by atoms with E-state index < -0.39 is 29.7 Å². The second kappa shape index (κ2) is 7.89. The van der Waals surface area contributed by atoms with Crippen molar-refractivity contribution in [1.29, 1.82) is 0 Å². The summed E-state index contributed by atoms with van der Waals surface area (Å²) in [5, 5.41) is 4.18. The summed E-state index contributed by atoms with van der Waals surface area (Å²) in [5.41, 5.74) is 5.99. The van der Waals surface area contributed by atoms with Crippen molar-refractivity contribution in [3.8, 4) is 0 Å². The Morgan fingerprint density at radius 2 is 1.41 bits per heavy atom. The first-order valence-corrected chi connectivity index (χ1v) is 10.5. The van der Waals surface area contributed by atoms with E-state index in [0.29, 0.717) is 5.69 Å². The number of ketones is 1. The monoisotopic (exact) mass is 423 g/mol. The number of imide groups is 1. The highest BCUT2D eigenvalue weighted by Crippen LogP contribution is 2.34. The summed E-state index contributed by atoms with van der Waals surface area (Å²) in [6.45, 7) is 1.93. The lowest BCUT2D eigenvalue weighted by Crippen LogP contribution is -2.36. The molecule has 6 nitrogen and oxygen atoms in total. The molecule has 0 saturated carbocycles. The Morgan fingerprint density at radius 1 is 0.844 bits per heavy atom. The van der Waals surface area contributed by atoms with Gasteiger partial charge in [0.1, 0.15) is 17.7 Å². The van der Waals surface area contributed by atoms with Gasteiger partial charge in [-0.15, -0.1) is 0 Å². The van der Waals surface area contributed by atoms with Crippen LogP contribution >= 0.6 is 0 Å². The van der Waals surface area contributed by atoms with E-state index in [0.717, 1.165) is 21.6 Å². The Morgan fingerprint density at radius 3 is 1.97 bits per heavy atom. The van der Waals surface area contributed by atoms with Crippen molar-refractivity contribution in [1.82, 2.24) is 5.43 Å². The van der Waals surface area contributed by atoms with Gasteiger partial charge in [-0.05, 0) is 30.2 Å². The second-order valence-corrected chi connectivity index (χ2v) is 8.05. The molecule has 0 spiro atoms. The van der Waals surface area contributed by atoms with E-state index >= 15 is 0 Å². The minimum absolute atomic E-state index is 0.0978. The molecule has 2 amide bonds. The number of benzene rings is 3. The number of Topliss-reactive ketones (excluding diaryl/α,β-unsaturated/α-hetero) is 1. The van der Waals surface area contributed by atoms with Gasteiger partial charge < -0.3 is 0 Å². The van der Waals surface area contributed by atoms with Crippen molar-refractivity contribution in [2.45, 2.75) is 18.9 Å². The molecule has 2 aliphatic rings. The quantitative estimate of drug-likeness (QED) is 0.639. The Bertz CT molecular complexity index is 1180. The molecule has 0 unspecified atom stereocenters. The molecule has 2 heterocycles. The molecule has 32 heavy (non-hydrogen) atoms. The van der Waals surface area contributed by atoms with Crippen LogP contribution < -0.4 is 10.3 Å². The number of carbonyl (C=O) groups excluding carboxylic acids is 3. The summed E-state index contributed by atoms with van der Waals surface area (Å²) < 4.78 is 0. The third-order valence-electron chi connectivity index (χ3n) is 6.00. The number of hydrogen-bond donors (Lipinski definition) is 1. The Kier molecular flexibility index (Phi) is 4.90. The van der Waals surface area contributed by atoms with Crippen molar-refractivity contribution in [3.63, 3.8) is 0 Å². The van der Waals surface area contributed by atoms with Crippen LogP contribution in [0.15, 0.2) is 90.0 Å². The lowest BCUT2D eigenvalue weighted by Gasteiger charge is -2.19. The number of nitrogens with zero attached hydrogens (tertiary/aromatic N) is 2. The van der Waals surface area contributed by atoms with Crippen molar-refractivity contribution < 1.29 is 14.4 Å². The minimum Gasteiger partial charge on any atom is -0.296 e. The van der Waals surface area contributed by atoms with Crippen LogP contribution in [0.3, 0.4) is 0 Å². The fourth-order valence-electron chi connectivity index (χ4n) is 4.38. The maximum Gasteiger partial charge on any atom is 0.259 e. The average Bonchev–Trinajstić information content (AvgIpc) is 3.36. The van der Waals surface area contributed by atoms with Gasteiger partial charge in [0, 0.05) is 0 Å². The van der Waals surface area contributed by atoms with Crippen molar-refractivity contribution in [2.75, 3.05) is 4.90 Å². The number of hydrazone groups is 1.